The number of aliphatic hydroxyl groups excluding tert-OH is 1. The number of phenolic OH excluding ortho intramolecular Hbond substituents is 1. The van der Waals surface area contributed by atoms with Crippen molar-refractivity contribution < 1.29 is 53.1 Å². The van der Waals surface area contributed by atoms with Crippen molar-refractivity contribution in [2.45, 2.75) is 160 Å². The third-order valence-electron chi connectivity index (χ3n) is 15.7. The maximum absolute atomic E-state index is 14.2. The lowest BCUT2D eigenvalue weighted by Crippen LogP contribution is -2.47. The predicted molar refractivity (Wildman–Crippen MR) is 277 cm³/mol. The Hall–Kier alpha value is -6.64. The molecule has 2 atom stereocenters. The molecule has 3 heterocycles. The standard InChI is InChI=1S/C57H72N4O11/c1-17-55(13,14)51(66)58-41-28-37(18-19-40(41)43-46(63)44(47(43)64)42-36(9)59-61(50(42)65)54(10,11)12)60(24-26-69-52(67)56(15)22-20-38-31(4)29(2)30(3)33(6)48(38)71-56)25-27-70-53(68)57(16)23-21-39-35(8)45(62)32(5)34(7)49(39)72-57/h18-19,28,62-63H,17,20-27H2,1-16H3,(H,58,66)/b44-42+. The molecule has 0 fully saturated rings. The zero-order chi connectivity index (χ0) is 53.3. The molecule has 7 rings (SSSR count). The van der Waals surface area contributed by atoms with E-state index >= 15 is 0 Å². The van der Waals surface area contributed by atoms with Gasteiger partial charge in [-0.3, -0.25) is 14.4 Å². The highest BCUT2D eigenvalue weighted by Crippen LogP contribution is 2.46. The number of rotatable bonds is 13. The molecule has 2 amide bonds. The second kappa shape index (κ2) is 19.1. The summed E-state index contributed by atoms with van der Waals surface area (Å²) in [5.74, 6) is -1.43. The zero-order valence-corrected chi connectivity index (χ0v) is 45.0. The molecule has 15 heteroatoms. The summed E-state index contributed by atoms with van der Waals surface area (Å²) in [6, 6.07) is 4.98. The highest BCUT2D eigenvalue weighted by molar-refractivity contribution is 6.44. The average Bonchev–Trinajstić information content (AvgIpc) is 3.63. The van der Waals surface area contributed by atoms with Crippen molar-refractivity contribution in [1.29, 1.82) is 0 Å². The zero-order valence-electron chi connectivity index (χ0n) is 45.0. The number of ether oxygens (including phenoxy) is 4. The van der Waals surface area contributed by atoms with Crippen LogP contribution in [0.4, 0.5) is 11.4 Å². The fraction of sp³-hybridized carbons (Fsp3) is 0.509. The molecule has 0 saturated heterocycles. The van der Waals surface area contributed by atoms with Crippen LogP contribution in [0.15, 0.2) is 40.2 Å². The van der Waals surface area contributed by atoms with Crippen LogP contribution in [0.25, 0.3) is 5.57 Å². The third-order valence-corrected chi connectivity index (χ3v) is 15.7. The number of nitrogens with zero attached hydrogens (tertiary/aromatic N) is 3. The second-order valence-electron chi connectivity index (χ2n) is 22.0. The first-order valence-corrected chi connectivity index (χ1v) is 25.0. The molecule has 386 valence electrons. The Morgan fingerprint density at radius 3 is 1.75 bits per heavy atom. The number of hydrogen-bond donors (Lipinski definition) is 3. The van der Waals surface area contributed by atoms with Crippen LogP contribution in [0, 0.1) is 53.9 Å². The van der Waals surface area contributed by atoms with Crippen molar-refractivity contribution in [1.82, 2.24) is 5.01 Å². The van der Waals surface area contributed by atoms with Crippen molar-refractivity contribution in [3.05, 3.63) is 90.7 Å². The molecule has 0 radical (unpaired) electrons. The van der Waals surface area contributed by atoms with Gasteiger partial charge < -0.3 is 39.4 Å². The highest BCUT2D eigenvalue weighted by Gasteiger charge is 2.47. The topological polar surface area (TPSA) is 194 Å². The van der Waals surface area contributed by atoms with Crippen LogP contribution < -0.4 is 19.7 Å². The van der Waals surface area contributed by atoms with E-state index in [9.17, 15) is 34.2 Å². The maximum Gasteiger partial charge on any atom is 0.350 e. The number of aromatic hydroxyl groups is 1. The second-order valence-corrected chi connectivity index (χ2v) is 22.0. The van der Waals surface area contributed by atoms with Crippen LogP contribution in [-0.4, -0.2) is 93.5 Å². The minimum atomic E-state index is -1.32. The van der Waals surface area contributed by atoms with Crippen LogP contribution in [0.5, 0.6) is 17.2 Å². The van der Waals surface area contributed by atoms with E-state index in [1.807, 2.05) is 60.3 Å². The number of aliphatic hydroxyl groups is 1. The Morgan fingerprint density at radius 1 is 0.736 bits per heavy atom. The molecule has 72 heavy (non-hydrogen) atoms. The van der Waals surface area contributed by atoms with Crippen molar-refractivity contribution >= 4 is 52.2 Å². The molecular formula is C57H72N4O11. The molecule has 0 bridgehead atoms. The van der Waals surface area contributed by atoms with Crippen LogP contribution in [0.2, 0.25) is 0 Å². The number of phenols is 1. The number of hydrazone groups is 1. The fourth-order valence-electron chi connectivity index (χ4n) is 9.78. The van der Waals surface area contributed by atoms with Gasteiger partial charge in [-0.1, -0.05) is 20.8 Å². The number of ketones is 1. The molecular weight excluding hydrogens is 917 g/mol. The largest absolute Gasteiger partial charge is 0.507 e. The third kappa shape index (κ3) is 9.23. The Labute approximate surface area is 423 Å². The number of carbonyl (C=O) groups is 5. The van der Waals surface area contributed by atoms with Crippen LogP contribution in [0.1, 0.15) is 137 Å². The number of amides is 2. The van der Waals surface area contributed by atoms with Crippen molar-refractivity contribution in [3.8, 4) is 17.2 Å². The smallest absolute Gasteiger partial charge is 0.350 e. The monoisotopic (exact) mass is 989 g/mol. The van der Waals surface area contributed by atoms with E-state index in [1.54, 1.807) is 52.8 Å². The molecule has 3 aliphatic heterocycles. The number of Topliss-reactive ketones (excluding diaryl/α,β-unsaturated/α-hetero) is 1. The predicted octanol–water partition coefficient (Wildman–Crippen LogP) is 9.55. The summed E-state index contributed by atoms with van der Waals surface area (Å²) in [6.45, 7) is 29.7. The molecule has 2 unspecified atom stereocenters. The van der Waals surface area contributed by atoms with Gasteiger partial charge >= 0.3 is 11.9 Å². The summed E-state index contributed by atoms with van der Waals surface area (Å²) >= 11 is 0. The first-order chi connectivity index (χ1) is 33.5. The molecule has 3 N–H and O–H groups in total. The lowest BCUT2D eigenvalue weighted by molar-refractivity contribution is -0.162. The van der Waals surface area contributed by atoms with Gasteiger partial charge in [-0.25, -0.2) is 14.6 Å². The Bertz CT molecular complexity index is 2830. The molecule has 0 spiro atoms. The van der Waals surface area contributed by atoms with Gasteiger partial charge in [0.2, 0.25) is 22.9 Å². The Morgan fingerprint density at radius 2 is 1.25 bits per heavy atom. The van der Waals surface area contributed by atoms with Gasteiger partial charge in [0.1, 0.15) is 36.2 Å². The Kier molecular flexibility index (Phi) is 14.1. The number of esters is 2. The Balaban J connectivity index is 1.20. The average molecular weight is 989 g/mol. The highest BCUT2D eigenvalue weighted by atomic mass is 16.6. The molecule has 4 aliphatic rings. The first-order valence-electron chi connectivity index (χ1n) is 25.0. The molecule has 1 aliphatic carbocycles. The fourth-order valence-corrected chi connectivity index (χ4v) is 9.78. The molecule has 0 saturated carbocycles. The van der Waals surface area contributed by atoms with E-state index in [0.717, 1.165) is 38.9 Å². The van der Waals surface area contributed by atoms with E-state index < -0.39 is 51.5 Å². The van der Waals surface area contributed by atoms with E-state index in [1.165, 1.54) is 10.6 Å². The number of hydrogen-bond acceptors (Lipinski definition) is 13. The van der Waals surface area contributed by atoms with Gasteiger partial charge in [-0.15, -0.1) is 0 Å². The van der Waals surface area contributed by atoms with E-state index in [2.05, 4.69) is 31.2 Å². The van der Waals surface area contributed by atoms with Crippen molar-refractivity contribution in [2.24, 2.45) is 10.5 Å². The molecule has 3 aromatic rings. The summed E-state index contributed by atoms with van der Waals surface area (Å²) in [6.07, 6.45) is 2.36. The number of benzene rings is 3. The summed E-state index contributed by atoms with van der Waals surface area (Å²) in [4.78, 5) is 71.5. The molecule has 15 nitrogen and oxygen atoms in total. The van der Waals surface area contributed by atoms with Crippen LogP contribution in [0.3, 0.4) is 0 Å². The van der Waals surface area contributed by atoms with E-state index in [0.29, 0.717) is 60.6 Å². The number of anilines is 2. The minimum absolute atomic E-state index is 0.0178. The van der Waals surface area contributed by atoms with Gasteiger partial charge in [0.15, 0.2) is 0 Å². The lowest BCUT2D eigenvalue weighted by Gasteiger charge is -2.36. The number of fused-ring (bicyclic) bond motifs is 2. The van der Waals surface area contributed by atoms with Gasteiger partial charge in [-0.05, 0) is 172 Å². The van der Waals surface area contributed by atoms with E-state index in [-0.39, 0.29) is 65.9 Å². The van der Waals surface area contributed by atoms with Gasteiger partial charge in [0.05, 0.1) is 46.7 Å². The summed E-state index contributed by atoms with van der Waals surface area (Å²) < 4.78 is 24.9. The number of allylic oxidation sites excluding steroid dienone is 2. The number of nitrogens with one attached hydrogen (secondary N) is 1. The first kappa shape index (κ1) is 53.2. The summed E-state index contributed by atoms with van der Waals surface area (Å²) in [5.41, 5.74) is 5.51. The lowest BCUT2D eigenvalue weighted by atomic mass is 9.79. The van der Waals surface area contributed by atoms with Crippen LogP contribution >= 0.6 is 0 Å². The quantitative estimate of drug-likeness (QED) is 0.109. The molecule has 0 aromatic heterocycles. The van der Waals surface area contributed by atoms with E-state index in [4.69, 9.17) is 18.9 Å². The maximum atomic E-state index is 14.2. The summed E-state index contributed by atoms with van der Waals surface area (Å²) in [7, 11) is 0. The van der Waals surface area contributed by atoms with Crippen molar-refractivity contribution in [3.63, 3.8) is 0 Å². The van der Waals surface area contributed by atoms with Crippen molar-refractivity contribution in [2.75, 3.05) is 36.5 Å². The molecule has 3 aromatic carbocycles. The van der Waals surface area contributed by atoms with Gasteiger partial charge in [-0.2, -0.15) is 5.10 Å². The van der Waals surface area contributed by atoms with Gasteiger partial charge in [0.25, 0.3) is 5.91 Å². The minimum Gasteiger partial charge on any atom is -0.507 e. The number of carbonyl (C=O) groups excluding carboxylic acids is 5. The van der Waals surface area contributed by atoms with Gasteiger partial charge in [0, 0.05) is 35.1 Å². The normalized spacial score (nSPS) is 20.8. The SMILES string of the molecule is CCC(C)(C)C(=O)Nc1cc(N(CCOC(=O)C2(C)CCc3c(C)c(C)c(C)c(C)c3O2)CCOC(=O)C2(C)CCc3c(C)c(O)c(C)c(C)c3O2)ccc1C1=C(O)/C(=C2\C(=O)N(C(C)(C)C)N=C2C)C1=O. The summed E-state index contributed by atoms with van der Waals surface area (Å²) in [5, 5.41) is 31.1. The van der Waals surface area contributed by atoms with Crippen LogP contribution in [-0.2, 0) is 46.3 Å².